The van der Waals surface area contributed by atoms with Crippen LogP contribution in [0.2, 0.25) is 0 Å². The Morgan fingerprint density at radius 3 is 2.52 bits per heavy atom. The maximum Gasteiger partial charge on any atom is 0.255 e. The number of para-hydroxylation sites is 1. The molecule has 0 saturated carbocycles. The molecule has 0 saturated heterocycles. The molecule has 0 bridgehead atoms. The first-order valence-corrected chi connectivity index (χ1v) is 6.61. The zero-order chi connectivity index (χ0) is 15.1. The summed E-state index contributed by atoms with van der Waals surface area (Å²) in [5.41, 5.74) is 7.85. The molecule has 0 aliphatic carbocycles. The Kier molecular flexibility index (Phi) is 5.17. The molecule has 2 rings (SSSR count). The van der Waals surface area contributed by atoms with Crippen molar-refractivity contribution in [1.82, 2.24) is 0 Å². The number of hydrogen-bond acceptors (Lipinski definition) is 4. The normalized spacial score (nSPS) is 10.1. The van der Waals surface area contributed by atoms with Gasteiger partial charge in [0.05, 0.1) is 6.61 Å². The molecule has 0 heterocycles. The van der Waals surface area contributed by atoms with Crippen LogP contribution in [0.25, 0.3) is 0 Å². The van der Waals surface area contributed by atoms with Crippen LogP contribution in [0.15, 0.2) is 48.5 Å². The molecule has 0 aromatic heterocycles. The fourth-order valence-corrected chi connectivity index (χ4v) is 1.89. The number of nitrogens with one attached hydrogen (secondary N) is 1. The molecule has 110 valence electrons. The van der Waals surface area contributed by atoms with Crippen LogP contribution in [-0.4, -0.2) is 17.6 Å². The van der Waals surface area contributed by atoms with E-state index in [1.54, 1.807) is 12.1 Å². The number of carbonyl (C=O) groups excluding carboxylic acids is 1. The second-order valence-corrected chi connectivity index (χ2v) is 4.57. The Morgan fingerprint density at radius 2 is 1.86 bits per heavy atom. The van der Waals surface area contributed by atoms with Crippen molar-refractivity contribution in [2.24, 2.45) is 5.73 Å². The largest absolute Gasteiger partial charge is 0.484 e. The first-order valence-electron chi connectivity index (χ1n) is 6.61. The molecule has 0 unspecified atom stereocenters. The Hall–Kier alpha value is -2.53. The van der Waals surface area contributed by atoms with Crippen molar-refractivity contribution < 1.29 is 14.6 Å². The fraction of sp³-hybridized carbons (Fsp3) is 0.188. The van der Waals surface area contributed by atoms with Crippen LogP contribution in [0.5, 0.6) is 5.75 Å². The predicted molar refractivity (Wildman–Crippen MR) is 80.8 cm³/mol. The molecule has 0 spiro atoms. The van der Waals surface area contributed by atoms with Gasteiger partial charge in [0, 0.05) is 17.8 Å². The van der Waals surface area contributed by atoms with E-state index in [2.05, 4.69) is 5.32 Å². The Bertz CT molecular complexity index is 597. The number of carbonyl (C=O) groups is 1. The van der Waals surface area contributed by atoms with Gasteiger partial charge in [-0.3, -0.25) is 4.79 Å². The van der Waals surface area contributed by atoms with Crippen molar-refractivity contribution in [3.63, 3.8) is 0 Å². The van der Waals surface area contributed by atoms with Crippen molar-refractivity contribution in [3.05, 3.63) is 59.7 Å². The highest BCUT2D eigenvalue weighted by Crippen LogP contribution is 2.17. The molecule has 2 aromatic rings. The lowest BCUT2D eigenvalue weighted by Crippen LogP contribution is -2.19. The summed E-state index contributed by atoms with van der Waals surface area (Å²) in [6.45, 7) is 0.512. The molecule has 0 radical (unpaired) electrons. The van der Waals surface area contributed by atoms with Crippen LogP contribution >= 0.6 is 0 Å². The summed E-state index contributed by atoms with van der Waals surface area (Å²) in [6.07, 6.45) is 0. The van der Waals surface area contributed by atoms with Gasteiger partial charge in [0.15, 0.2) is 6.61 Å². The summed E-state index contributed by atoms with van der Waals surface area (Å²) in [5, 5.41) is 12.5. The van der Waals surface area contributed by atoms with Gasteiger partial charge in [0.25, 0.3) is 5.91 Å². The molecule has 5 heteroatoms. The first-order chi connectivity index (χ1) is 10.2. The number of rotatable bonds is 7. The van der Waals surface area contributed by atoms with Gasteiger partial charge in [-0.25, -0.2) is 0 Å². The van der Waals surface area contributed by atoms with E-state index in [9.17, 15) is 9.90 Å². The topological polar surface area (TPSA) is 84.6 Å². The van der Waals surface area contributed by atoms with Gasteiger partial charge in [-0.15, -0.1) is 0 Å². The van der Waals surface area contributed by atoms with Gasteiger partial charge in [0.2, 0.25) is 0 Å². The Labute approximate surface area is 123 Å². The quantitative estimate of drug-likeness (QED) is 0.722. The summed E-state index contributed by atoms with van der Waals surface area (Å²) in [6, 6.07) is 15.0. The minimum absolute atomic E-state index is 0.00304. The van der Waals surface area contributed by atoms with E-state index < -0.39 is 5.91 Å². The number of aliphatic hydroxyl groups excluding tert-OH is 1. The van der Waals surface area contributed by atoms with E-state index in [0.717, 1.165) is 16.8 Å². The summed E-state index contributed by atoms with van der Waals surface area (Å²) in [7, 11) is 0. The highest BCUT2D eigenvalue weighted by Gasteiger charge is 2.01. The van der Waals surface area contributed by atoms with E-state index in [-0.39, 0.29) is 13.2 Å². The number of ether oxygens (including phenoxy) is 1. The molecule has 0 aliphatic heterocycles. The molecule has 21 heavy (non-hydrogen) atoms. The van der Waals surface area contributed by atoms with Crippen molar-refractivity contribution in [2.45, 2.75) is 13.2 Å². The Morgan fingerprint density at radius 1 is 1.14 bits per heavy atom. The number of primary amides is 1. The van der Waals surface area contributed by atoms with Gasteiger partial charge >= 0.3 is 0 Å². The molecular weight excluding hydrogens is 268 g/mol. The molecular formula is C16H18N2O3. The lowest BCUT2D eigenvalue weighted by Gasteiger charge is -2.11. The smallest absolute Gasteiger partial charge is 0.255 e. The summed E-state index contributed by atoms with van der Waals surface area (Å²) in [4.78, 5) is 10.6. The van der Waals surface area contributed by atoms with Crippen LogP contribution < -0.4 is 15.8 Å². The lowest BCUT2D eigenvalue weighted by atomic mass is 10.1. The fourth-order valence-electron chi connectivity index (χ4n) is 1.89. The highest BCUT2D eigenvalue weighted by molar-refractivity contribution is 5.75. The van der Waals surface area contributed by atoms with Gasteiger partial charge < -0.3 is 20.9 Å². The van der Waals surface area contributed by atoms with Gasteiger partial charge in [-0.05, 0) is 23.8 Å². The van der Waals surface area contributed by atoms with Crippen LogP contribution in [0, 0.1) is 0 Å². The zero-order valence-corrected chi connectivity index (χ0v) is 11.6. The van der Waals surface area contributed by atoms with Crippen molar-refractivity contribution in [3.8, 4) is 5.75 Å². The van der Waals surface area contributed by atoms with Gasteiger partial charge in [-0.2, -0.15) is 0 Å². The average molecular weight is 286 g/mol. The highest BCUT2D eigenvalue weighted by atomic mass is 16.5. The number of amides is 1. The van der Waals surface area contributed by atoms with E-state index in [1.165, 1.54) is 0 Å². The minimum Gasteiger partial charge on any atom is -0.484 e. The average Bonchev–Trinajstić information content (AvgIpc) is 2.52. The minimum atomic E-state index is -0.499. The van der Waals surface area contributed by atoms with E-state index in [1.807, 2.05) is 36.4 Å². The van der Waals surface area contributed by atoms with E-state index >= 15 is 0 Å². The van der Waals surface area contributed by atoms with Crippen LogP contribution in [0.1, 0.15) is 11.1 Å². The van der Waals surface area contributed by atoms with Gasteiger partial charge in [0.1, 0.15) is 5.75 Å². The standard InChI is InChI=1S/C16H18N2O3/c17-16(20)11-21-14-7-5-12(6-8-14)9-18-15-4-2-1-3-13(15)10-19/h1-8,18-19H,9-11H2,(H2,17,20). The van der Waals surface area contributed by atoms with Crippen molar-refractivity contribution in [2.75, 3.05) is 11.9 Å². The van der Waals surface area contributed by atoms with Crippen LogP contribution in [-0.2, 0) is 17.9 Å². The predicted octanol–water partition coefficient (Wildman–Crippen LogP) is 1.66. The number of aliphatic hydroxyl groups is 1. The molecule has 1 amide bonds. The van der Waals surface area contributed by atoms with E-state index in [4.69, 9.17) is 10.5 Å². The lowest BCUT2D eigenvalue weighted by molar-refractivity contribution is -0.119. The number of nitrogens with two attached hydrogens (primary N) is 1. The SMILES string of the molecule is NC(=O)COc1ccc(CNc2ccccc2CO)cc1. The third-order valence-electron chi connectivity index (χ3n) is 2.98. The molecule has 0 atom stereocenters. The molecule has 2 aromatic carbocycles. The monoisotopic (exact) mass is 286 g/mol. The number of anilines is 1. The second kappa shape index (κ2) is 7.31. The molecule has 5 nitrogen and oxygen atoms in total. The second-order valence-electron chi connectivity index (χ2n) is 4.57. The van der Waals surface area contributed by atoms with E-state index in [0.29, 0.717) is 12.3 Å². The number of hydrogen-bond donors (Lipinski definition) is 3. The summed E-state index contributed by atoms with van der Waals surface area (Å²) in [5.74, 6) is 0.106. The summed E-state index contributed by atoms with van der Waals surface area (Å²) < 4.78 is 5.19. The number of benzene rings is 2. The van der Waals surface area contributed by atoms with Crippen LogP contribution in [0.4, 0.5) is 5.69 Å². The Balaban J connectivity index is 1.93. The maximum absolute atomic E-state index is 10.6. The molecule has 4 N–H and O–H groups in total. The third kappa shape index (κ3) is 4.50. The van der Waals surface area contributed by atoms with Crippen molar-refractivity contribution >= 4 is 11.6 Å². The summed E-state index contributed by atoms with van der Waals surface area (Å²) >= 11 is 0. The molecule has 0 fully saturated rings. The van der Waals surface area contributed by atoms with Crippen LogP contribution in [0.3, 0.4) is 0 Å². The first kappa shape index (κ1) is 14.9. The maximum atomic E-state index is 10.6. The van der Waals surface area contributed by atoms with Gasteiger partial charge in [-0.1, -0.05) is 30.3 Å². The third-order valence-corrected chi connectivity index (χ3v) is 2.98. The zero-order valence-electron chi connectivity index (χ0n) is 11.6. The molecule has 0 aliphatic rings. The van der Waals surface area contributed by atoms with Crippen molar-refractivity contribution in [1.29, 1.82) is 0 Å².